The number of amides is 2. The molecule has 0 unspecified atom stereocenters. The number of benzene rings is 2. The van der Waals surface area contributed by atoms with Crippen molar-refractivity contribution in [2.75, 3.05) is 104 Å². The molecular formula is C32H42N2O14. The topological polar surface area (TPSA) is 185 Å². The van der Waals surface area contributed by atoms with Crippen molar-refractivity contribution < 1.29 is 66.5 Å². The Labute approximate surface area is 278 Å². The summed E-state index contributed by atoms with van der Waals surface area (Å²) in [6.45, 7) is 3.11. The monoisotopic (exact) mass is 678 g/mol. The highest BCUT2D eigenvalue weighted by atomic mass is 16.6. The third-order valence-electron chi connectivity index (χ3n) is 6.21. The zero-order valence-corrected chi connectivity index (χ0v) is 27.1. The van der Waals surface area contributed by atoms with E-state index in [2.05, 4.69) is 20.1 Å². The molecule has 0 radical (unpaired) electrons. The molecule has 2 aromatic rings. The van der Waals surface area contributed by atoms with Crippen molar-refractivity contribution in [3.63, 3.8) is 0 Å². The highest BCUT2D eigenvalue weighted by Gasteiger charge is 2.14. The third kappa shape index (κ3) is 14.8. The maximum Gasteiger partial charge on any atom is 0.315 e. The predicted octanol–water partition coefficient (Wildman–Crippen LogP) is 1.99. The summed E-state index contributed by atoms with van der Waals surface area (Å²) in [5, 5.41) is 5.26. The van der Waals surface area contributed by atoms with Crippen LogP contribution >= 0.6 is 0 Å². The normalized spacial score (nSPS) is 15.5. The number of carbonyl (C=O) groups is 4. The molecule has 0 saturated heterocycles. The summed E-state index contributed by atoms with van der Waals surface area (Å²) < 4.78 is 54.9. The predicted molar refractivity (Wildman–Crippen MR) is 169 cm³/mol. The van der Waals surface area contributed by atoms with Crippen LogP contribution in [0.15, 0.2) is 36.4 Å². The van der Waals surface area contributed by atoms with Gasteiger partial charge in [0.2, 0.25) is 11.8 Å². The molecule has 16 nitrogen and oxygen atoms in total. The number of fused-ring (bicyclic) bond motifs is 2. The Kier molecular flexibility index (Phi) is 17.4. The van der Waals surface area contributed by atoms with Crippen LogP contribution in [-0.4, -0.2) is 117 Å². The smallest absolute Gasteiger partial charge is 0.315 e. The standard InChI is InChI=1S/C32H42N2O14/c1-39-31(37)21-29(35)33-23-3-5-25-27(19-23)47-17-13-43-9-10-44-14-18-48-28-20-24(34-30(36)22-32(38)40-2)4-6-26(28)46-16-12-42-8-7-41-11-15-45-25/h3-6,19-20H,7-18,21-22H2,1-2H3,(H,33,35)(H,34,36). The van der Waals surface area contributed by atoms with Gasteiger partial charge in [0.15, 0.2) is 23.0 Å². The van der Waals surface area contributed by atoms with Crippen LogP contribution in [0.5, 0.6) is 23.0 Å². The van der Waals surface area contributed by atoms with Crippen molar-refractivity contribution >= 4 is 35.1 Å². The minimum absolute atomic E-state index is 0.183. The molecule has 2 N–H and O–H groups in total. The molecule has 1 aliphatic rings. The van der Waals surface area contributed by atoms with Crippen molar-refractivity contribution in [2.24, 2.45) is 0 Å². The zero-order chi connectivity index (χ0) is 34.4. The fourth-order valence-corrected chi connectivity index (χ4v) is 3.94. The highest BCUT2D eigenvalue weighted by molar-refractivity contribution is 6.02. The van der Waals surface area contributed by atoms with E-state index in [-0.39, 0.29) is 52.9 Å². The van der Waals surface area contributed by atoms with Crippen LogP contribution in [0.25, 0.3) is 0 Å². The first-order valence-corrected chi connectivity index (χ1v) is 15.2. The van der Waals surface area contributed by atoms with E-state index in [4.69, 9.17) is 37.9 Å². The van der Waals surface area contributed by atoms with E-state index in [1.165, 1.54) is 14.2 Å². The lowest BCUT2D eigenvalue weighted by molar-refractivity contribution is -0.144. The average Bonchev–Trinajstić information content (AvgIpc) is 3.07. The number of esters is 2. The van der Waals surface area contributed by atoms with Crippen LogP contribution in [0.3, 0.4) is 0 Å². The number of carbonyl (C=O) groups excluding carboxylic acids is 4. The van der Waals surface area contributed by atoms with Crippen LogP contribution in [0.1, 0.15) is 12.8 Å². The van der Waals surface area contributed by atoms with E-state index < -0.39 is 36.6 Å². The molecule has 3 rings (SSSR count). The Balaban J connectivity index is 1.55. The lowest BCUT2D eigenvalue weighted by atomic mass is 10.2. The van der Waals surface area contributed by atoms with Crippen LogP contribution < -0.4 is 29.6 Å². The summed E-state index contributed by atoms with van der Waals surface area (Å²) >= 11 is 0. The van der Waals surface area contributed by atoms with Gasteiger partial charge in [-0.15, -0.1) is 0 Å². The molecule has 264 valence electrons. The summed E-state index contributed by atoms with van der Waals surface area (Å²) in [4.78, 5) is 47.1. The fourth-order valence-electron chi connectivity index (χ4n) is 3.94. The van der Waals surface area contributed by atoms with Crippen LogP contribution in [-0.2, 0) is 47.6 Å². The molecule has 16 heteroatoms. The molecule has 0 aromatic heterocycles. The number of rotatable bonds is 6. The van der Waals surface area contributed by atoms with E-state index in [0.29, 0.717) is 60.8 Å². The highest BCUT2D eigenvalue weighted by Crippen LogP contribution is 2.32. The minimum Gasteiger partial charge on any atom is -0.487 e. The first-order chi connectivity index (χ1) is 23.4. The van der Waals surface area contributed by atoms with Gasteiger partial charge in [-0.3, -0.25) is 19.2 Å². The molecule has 2 amide bonds. The second-order valence-corrected chi connectivity index (χ2v) is 9.77. The number of nitrogens with one attached hydrogen (secondary N) is 2. The molecule has 1 aliphatic heterocycles. The first-order valence-electron chi connectivity index (χ1n) is 15.2. The Hall–Kier alpha value is -4.64. The van der Waals surface area contributed by atoms with Gasteiger partial charge in [-0.25, -0.2) is 0 Å². The number of methoxy groups -OCH3 is 2. The van der Waals surface area contributed by atoms with Gasteiger partial charge in [0.25, 0.3) is 0 Å². The molecule has 0 aliphatic carbocycles. The Morgan fingerprint density at radius 2 is 0.812 bits per heavy atom. The summed E-state index contributed by atoms with van der Waals surface area (Å²) in [6.07, 6.45) is -0.844. The maximum atomic E-state index is 12.1. The van der Waals surface area contributed by atoms with Crippen molar-refractivity contribution in [2.45, 2.75) is 12.8 Å². The van der Waals surface area contributed by atoms with Crippen LogP contribution in [0, 0.1) is 0 Å². The number of ether oxygens (including phenoxy) is 10. The summed E-state index contributed by atoms with van der Waals surface area (Å²) in [7, 11) is 2.42. The van der Waals surface area contributed by atoms with E-state index >= 15 is 0 Å². The molecule has 48 heavy (non-hydrogen) atoms. The van der Waals surface area contributed by atoms with Gasteiger partial charge < -0.3 is 58.0 Å². The average molecular weight is 679 g/mol. The van der Waals surface area contributed by atoms with Crippen molar-refractivity contribution in [3.8, 4) is 23.0 Å². The molecule has 0 fully saturated rings. The zero-order valence-electron chi connectivity index (χ0n) is 27.1. The number of hydrogen-bond donors (Lipinski definition) is 2. The van der Waals surface area contributed by atoms with E-state index in [0.717, 1.165) is 0 Å². The van der Waals surface area contributed by atoms with Gasteiger partial charge in [-0.05, 0) is 24.3 Å². The maximum absolute atomic E-state index is 12.1. The van der Waals surface area contributed by atoms with Gasteiger partial charge >= 0.3 is 11.9 Å². The van der Waals surface area contributed by atoms with Crippen molar-refractivity contribution in [1.82, 2.24) is 0 Å². The Morgan fingerprint density at radius 3 is 1.15 bits per heavy atom. The number of anilines is 2. The Bertz CT molecular complexity index is 1220. The summed E-state index contributed by atoms with van der Waals surface area (Å²) in [6, 6.07) is 9.73. The SMILES string of the molecule is COC(=O)CC(=O)Nc1ccc2c(c1)OCCOCCOCCOc1cc(NC(=O)CC(=O)OC)ccc1OCCOCCOCCO2. The van der Waals surface area contributed by atoms with Gasteiger partial charge in [-0.1, -0.05) is 0 Å². The molecule has 0 atom stereocenters. The minimum atomic E-state index is -0.653. The summed E-state index contributed by atoms with van der Waals surface area (Å²) in [5.74, 6) is -0.755. The van der Waals surface area contributed by atoms with Gasteiger partial charge in [0, 0.05) is 23.5 Å². The van der Waals surface area contributed by atoms with Gasteiger partial charge in [0.05, 0.1) is 67.1 Å². The van der Waals surface area contributed by atoms with Crippen molar-refractivity contribution in [3.05, 3.63) is 36.4 Å². The van der Waals surface area contributed by atoms with E-state index in [1.54, 1.807) is 36.4 Å². The Morgan fingerprint density at radius 1 is 0.500 bits per heavy atom. The van der Waals surface area contributed by atoms with Crippen LogP contribution in [0.2, 0.25) is 0 Å². The third-order valence-corrected chi connectivity index (χ3v) is 6.21. The molecule has 1 heterocycles. The molecule has 2 aromatic carbocycles. The largest absolute Gasteiger partial charge is 0.487 e. The van der Waals surface area contributed by atoms with Gasteiger partial charge in [0.1, 0.15) is 39.3 Å². The van der Waals surface area contributed by atoms with Crippen LogP contribution in [0.4, 0.5) is 11.4 Å². The van der Waals surface area contributed by atoms with Crippen molar-refractivity contribution in [1.29, 1.82) is 0 Å². The quantitative estimate of drug-likeness (QED) is 0.334. The molecular weight excluding hydrogens is 636 g/mol. The first kappa shape index (κ1) is 37.8. The van der Waals surface area contributed by atoms with E-state index in [1.807, 2.05) is 0 Å². The molecule has 0 spiro atoms. The second kappa shape index (κ2) is 22.0. The summed E-state index contributed by atoms with van der Waals surface area (Å²) in [5.41, 5.74) is 0.825. The van der Waals surface area contributed by atoms with Gasteiger partial charge in [-0.2, -0.15) is 0 Å². The lowest BCUT2D eigenvalue weighted by Crippen LogP contribution is -2.18. The molecule has 0 bridgehead atoms. The van der Waals surface area contributed by atoms with E-state index in [9.17, 15) is 19.2 Å². The second-order valence-electron chi connectivity index (χ2n) is 9.77. The fraction of sp³-hybridized carbons (Fsp3) is 0.500. The lowest BCUT2D eigenvalue weighted by Gasteiger charge is -2.16. The number of hydrogen-bond acceptors (Lipinski definition) is 14. The molecule has 0 saturated carbocycles.